The first-order valence-electron chi connectivity index (χ1n) is 9.96. The molecule has 1 rings (SSSR count). The first kappa shape index (κ1) is 26.3. The molecule has 1 saturated heterocycles. The topological polar surface area (TPSA) is 129 Å². The molecule has 0 spiro atoms. The summed E-state index contributed by atoms with van der Waals surface area (Å²) >= 11 is 0. The Labute approximate surface area is 178 Å². The number of ether oxygens (including phenoxy) is 4. The molecular weight excluding hydrogens is 396 g/mol. The monoisotopic (exact) mass is 432 g/mol. The molecule has 0 bridgehead atoms. The van der Waals surface area contributed by atoms with E-state index >= 15 is 0 Å². The second-order valence-corrected chi connectivity index (χ2v) is 10.6. The van der Waals surface area contributed by atoms with E-state index in [1.165, 1.54) is 0 Å². The average molecular weight is 433 g/mol. The molecule has 0 unspecified atom stereocenters. The van der Waals surface area contributed by atoms with Gasteiger partial charge in [-0.05, 0) is 62.3 Å². The van der Waals surface area contributed by atoms with Crippen LogP contribution in [0.2, 0.25) is 0 Å². The van der Waals surface area contributed by atoms with E-state index in [1.54, 1.807) is 62.3 Å². The lowest BCUT2D eigenvalue weighted by Gasteiger charge is -2.30. The van der Waals surface area contributed by atoms with Gasteiger partial charge in [0.1, 0.15) is 18.8 Å². The summed E-state index contributed by atoms with van der Waals surface area (Å²) in [5, 5.41) is 20.8. The van der Waals surface area contributed by atoms with Crippen LogP contribution in [0.4, 0.5) is 0 Å². The van der Waals surface area contributed by atoms with E-state index in [9.17, 15) is 24.6 Å². The first-order valence-corrected chi connectivity index (χ1v) is 9.96. The normalized spacial score (nSPS) is 26.1. The molecule has 0 aliphatic carbocycles. The highest BCUT2D eigenvalue weighted by molar-refractivity contribution is 5.77. The minimum Gasteiger partial charge on any atom is -0.462 e. The fraction of sp³-hybridized carbons (Fsp3) is 0.857. The summed E-state index contributed by atoms with van der Waals surface area (Å²) in [6, 6.07) is 0. The van der Waals surface area contributed by atoms with E-state index in [0.29, 0.717) is 0 Å². The fourth-order valence-electron chi connectivity index (χ4n) is 2.31. The van der Waals surface area contributed by atoms with Crippen molar-refractivity contribution in [2.24, 2.45) is 16.2 Å². The zero-order valence-corrected chi connectivity index (χ0v) is 19.3. The quantitative estimate of drug-likeness (QED) is 0.491. The Hall–Kier alpha value is -1.71. The van der Waals surface area contributed by atoms with Gasteiger partial charge in [0.25, 0.3) is 0 Å². The number of rotatable bonds is 5. The van der Waals surface area contributed by atoms with Gasteiger partial charge in [-0.2, -0.15) is 0 Å². The summed E-state index contributed by atoms with van der Waals surface area (Å²) < 4.78 is 21.3. The molecule has 0 aromatic carbocycles. The van der Waals surface area contributed by atoms with Crippen LogP contribution in [-0.2, 0) is 33.3 Å². The smallest absolute Gasteiger partial charge is 0.311 e. The van der Waals surface area contributed by atoms with Gasteiger partial charge in [-0.3, -0.25) is 14.4 Å². The minimum absolute atomic E-state index is 0.447. The van der Waals surface area contributed by atoms with E-state index in [0.717, 1.165) is 0 Å². The Morgan fingerprint density at radius 3 is 1.60 bits per heavy atom. The summed E-state index contributed by atoms with van der Waals surface area (Å²) in [7, 11) is 0. The molecule has 1 fully saturated rings. The Bertz CT molecular complexity index is 636. The number of aliphatic hydroxyl groups is 2. The van der Waals surface area contributed by atoms with Gasteiger partial charge < -0.3 is 29.2 Å². The first-order chi connectivity index (χ1) is 13.4. The molecule has 5 atom stereocenters. The molecule has 9 nitrogen and oxygen atoms in total. The number of hydrogen-bond donors (Lipinski definition) is 2. The van der Waals surface area contributed by atoms with Crippen LogP contribution in [-0.4, -0.2) is 65.4 Å². The molecule has 0 radical (unpaired) electrons. The SMILES string of the molecule is CC(C)(C)C(=O)OC[C@@H](O)[C@@H]1O[C@@H](O)[C@H](OC(=O)C(C)(C)C)[C@H]1OC(=O)C(C)(C)C. The molecule has 0 aromatic heterocycles. The Morgan fingerprint density at radius 2 is 1.20 bits per heavy atom. The summed E-state index contributed by atoms with van der Waals surface area (Å²) in [6.45, 7) is 14.3. The van der Waals surface area contributed by atoms with Crippen molar-refractivity contribution in [3.05, 3.63) is 0 Å². The molecule has 174 valence electrons. The highest BCUT2D eigenvalue weighted by Crippen LogP contribution is 2.32. The molecule has 2 N–H and O–H groups in total. The van der Waals surface area contributed by atoms with Gasteiger partial charge in [0.15, 0.2) is 18.5 Å². The van der Waals surface area contributed by atoms with Crippen molar-refractivity contribution in [1.82, 2.24) is 0 Å². The molecule has 0 saturated carbocycles. The van der Waals surface area contributed by atoms with E-state index in [1.807, 2.05) is 0 Å². The molecule has 0 aromatic rings. The molecule has 1 aliphatic rings. The van der Waals surface area contributed by atoms with Crippen LogP contribution in [0.5, 0.6) is 0 Å². The van der Waals surface area contributed by atoms with Gasteiger partial charge in [0.2, 0.25) is 0 Å². The van der Waals surface area contributed by atoms with E-state index in [4.69, 9.17) is 18.9 Å². The molecule has 9 heteroatoms. The summed E-state index contributed by atoms with van der Waals surface area (Å²) in [6.07, 6.45) is -6.96. The van der Waals surface area contributed by atoms with Crippen LogP contribution in [0.3, 0.4) is 0 Å². The van der Waals surface area contributed by atoms with Gasteiger partial charge in [0, 0.05) is 0 Å². The van der Waals surface area contributed by atoms with Crippen molar-refractivity contribution < 1.29 is 43.5 Å². The maximum Gasteiger partial charge on any atom is 0.311 e. The third kappa shape index (κ3) is 6.92. The van der Waals surface area contributed by atoms with Crippen molar-refractivity contribution in [3.63, 3.8) is 0 Å². The maximum absolute atomic E-state index is 12.5. The summed E-state index contributed by atoms with van der Waals surface area (Å²) in [4.78, 5) is 36.8. The van der Waals surface area contributed by atoms with E-state index in [2.05, 4.69) is 0 Å². The third-order valence-electron chi connectivity index (χ3n) is 4.31. The van der Waals surface area contributed by atoms with Gasteiger partial charge in [-0.25, -0.2) is 0 Å². The zero-order valence-electron chi connectivity index (χ0n) is 19.3. The predicted octanol–water partition coefficient (Wildman–Crippen LogP) is 1.57. The number of hydrogen-bond acceptors (Lipinski definition) is 9. The lowest BCUT2D eigenvalue weighted by atomic mass is 9.96. The lowest BCUT2D eigenvalue weighted by molar-refractivity contribution is -0.186. The highest BCUT2D eigenvalue weighted by Gasteiger charge is 2.53. The van der Waals surface area contributed by atoms with Gasteiger partial charge in [-0.1, -0.05) is 0 Å². The number of esters is 3. The molecule has 1 heterocycles. The summed E-state index contributed by atoms with van der Waals surface area (Å²) in [5.74, 6) is -1.81. The van der Waals surface area contributed by atoms with Crippen LogP contribution >= 0.6 is 0 Å². The molecular formula is C21H36O9. The Morgan fingerprint density at radius 1 is 0.800 bits per heavy atom. The largest absolute Gasteiger partial charge is 0.462 e. The van der Waals surface area contributed by atoms with Crippen molar-refractivity contribution in [2.45, 2.75) is 93.0 Å². The van der Waals surface area contributed by atoms with Gasteiger partial charge in [-0.15, -0.1) is 0 Å². The second kappa shape index (κ2) is 9.20. The number of carbonyl (C=O) groups is 3. The minimum atomic E-state index is -1.63. The standard InChI is InChI=1S/C21H36O9/c1-19(2,3)16(24)27-10-11(22)12-13(29-17(25)20(4,5)6)14(15(23)28-12)30-18(26)21(7,8)9/h11-15,22-23H,10H2,1-9H3/t11-,12+,13+,14-,15-/m1/s1. The van der Waals surface area contributed by atoms with Crippen molar-refractivity contribution in [2.75, 3.05) is 6.61 Å². The van der Waals surface area contributed by atoms with E-state index < -0.39 is 71.5 Å². The summed E-state index contributed by atoms with van der Waals surface area (Å²) in [5.41, 5.74) is -2.55. The predicted molar refractivity (Wildman–Crippen MR) is 106 cm³/mol. The second-order valence-electron chi connectivity index (χ2n) is 10.6. The number of aliphatic hydroxyl groups excluding tert-OH is 2. The van der Waals surface area contributed by atoms with Crippen LogP contribution in [0.1, 0.15) is 62.3 Å². The highest BCUT2D eigenvalue weighted by atomic mass is 16.7. The zero-order chi connectivity index (χ0) is 23.7. The van der Waals surface area contributed by atoms with Crippen molar-refractivity contribution in [1.29, 1.82) is 0 Å². The molecule has 0 amide bonds. The number of carbonyl (C=O) groups excluding carboxylic acids is 3. The van der Waals surface area contributed by atoms with E-state index in [-0.39, 0.29) is 0 Å². The maximum atomic E-state index is 12.5. The van der Waals surface area contributed by atoms with Crippen molar-refractivity contribution in [3.8, 4) is 0 Å². The molecule has 1 aliphatic heterocycles. The van der Waals surface area contributed by atoms with Crippen LogP contribution in [0.15, 0.2) is 0 Å². The Balaban J connectivity index is 3.06. The van der Waals surface area contributed by atoms with Gasteiger partial charge in [0.05, 0.1) is 16.2 Å². The van der Waals surface area contributed by atoms with Crippen LogP contribution < -0.4 is 0 Å². The Kier molecular flexibility index (Phi) is 8.07. The van der Waals surface area contributed by atoms with Crippen molar-refractivity contribution >= 4 is 17.9 Å². The van der Waals surface area contributed by atoms with Gasteiger partial charge >= 0.3 is 17.9 Å². The third-order valence-corrected chi connectivity index (χ3v) is 4.31. The van der Waals surface area contributed by atoms with Crippen LogP contribution in [0.25, 0.3) is 0 Å². The molecule has 30 heavy (non-hydrogen) atoms. The fourth-order valence-corrected chi connectivity index (χ4v) is 2.31. The average Bonchev–Trinajstić information content (AvgIpc) is 2.86. The lowest BCUT2D eigenvalue weighted by Crippen LogP contribution is -2.48. The van der Waals surface area contributed by atoms with Crippen LogP contribution in [0, 0.1) is 16.2 Å².